The highest BCUT2D eigenvalue weighted by atomic mass is 32.1. The molecule has 3 rings (SSSR count). The number of carbonyl (C=O) groups is 1. The summed E-state index contributed by atoms with van der Waals surface area (Å²) in [5.41, 5.74) is 0.312. The summed E-state index contributed by atoms with van der Waals surface area (Å²) in [4.78, 5) is 39.1. The molecule has 9 heteroatoms. The number of nitro groups is 1. The molecule has 8 nitrogen and oxygen atoms in total. The number of hydrogen-bond donors (Lipinski definition) is 0. The van der Waals surface area contributed by atoms with Gasteiger partial charge in [-0.15, -0.1) is 11.3 Å². The third-order valence-electron chi connectivity index (χ3n) is 3.30. The molecule has 0 fully saturated rings. The summed E-state index contributed by atoms with van der Waals surface area (Å²) < 4.78 is 6.52. The van der Waals surface area contributed by atoms with E-state index in [2.05, 4.69) is 4.98 Å². The number of aromatic nitrogens is 2. The van der Waals surface area contributed by atoms with Crippen LogP contribution in [0.3, 0.4) is 0 Å². The Morgan fingerprint density at radius 3 is 2.92 bits per heavy atom. The molecule has 1 aromatic carbocycles. The van der Waals surface area contributed by atoms with E-state index in [1.165, 1.54) is 46.1 Å². The Morgan fingerprint density at radius 2 is 2.17 bits per heavy atom. The molecule has 0 saturated carbocycles. The van der Waals surface area contributed by atoms with Crippen molar-refractivity contribution in [2.24, 2.45) is 0 Å². The smallest absolute Gasteiger partial charge is 0.345 e. The molecule has 0 aliphatic heterocycles. The van der Waals surface area contributed by atoms with E-state index < -0.39 is 10.9 Å². The Kier molecular flexibility index (Phi) is 4.09. The molecule has 0 radical (unpaired) electrons. The fourth-order valence-electron chi connectivity index (χ4n) is 2.20. The Morgan fingerprint density at radius 1 is 1.42 bits per heavy atom. The first kappa shape index (κ1) is 15.8. The number of ether oxygens (including phenoxy) is 1. The number of benzene rings is 1. The van der Waals surface area contributed by atoms with Crippen molar-refractivity contribution in [3.05, 3.63) is 73.1 Å². The molecule has 2 heterocycles. The van der Waals surface area contributed by atoms with Gasteiger partial charge in [0.1, 0.15) is 12.2 Å². The van der Waals surface area contributed by atoms with Gasteiger partial charge in [0.2, 0.25) is 0 Å². The summed E-state index contributed by atoms with van der Waals surface area (Å²) in [5.74, 6) is -0.841. The van der Waals surface area contributed by atoms with E-state index in [1.807, 2.05) is 0 Å². The summed E-state index contributed by atoms with van der Waals surface area (Å²) in [7, 11) is 0. The van der Waals surface area contributed by atoms with E-state index in [1.54, 1.807) is 12.3 Å². The maximum atomic E-state index is 12.1. The van der Waals surface area contributed by atoms with Crippen molar-refractivity contribution in [1.82, 2.24) is 9.38 Å². The van der Waals surface area contributed by atoms with Crippen LogP contribution in [0.2, 0.25) is 0 Å². The van der Waals surface area contributed by atoms with E-state index in [0.717, 1.165) is 5.69 Å². The fraction of sp³-hybridized carbons (Fsp3) is 0.133. The number of carbonyl (C=O) groups excluding carboxylic acids is 1. The van der Waals surface area contributed by atoms with Crippen LogP contribution in [-0.4, -0.2) is 20.3 Å². The van der Waals surface area contributed by atoms with Gasteiger partial charge >= 0.3 is 5.97 Å². The van der Waals surface area contributed by atoms with Gasteiger partial charge in [-0.05, 0) is 13.0 Å². The lowest BCUT2D eigenvalue weighted by atomic mass is 10.2. The molecule has 24 heavy (non-hydrogen) atoms. The number of rotatable bonds is 4. The second-order valence-corrected chi connectivity index (χ2v) is 5.77. The monoisotopic (exact) mass is 345 g/mol. The van der Waals surface area contributed by atoms with Crippen molar-refractivity contribution < 1.29 is 14.5 Å². The predicted octanol–water partition coefficient (Wildman–Crippen LogP) is 2.33. The van der Waals surface area contributed by atoms with E-state index in [0.29, 0.717) is 4.96 Å². The molecule has 0 aliphatic rings. The van der Waals surface area contributed by atoms with Gasteiger partial charge in [-0.3, -0.25) is 19.3 Å². The number of esters is 1. The summed E-state index contributed by atoms with van der Waals surface area (Å²) in [5, 5.41) is 12.7. The van der Waals surface area contributed by atoms with Crippen molar-refractivity contribution in [3.8, 4) is 0 Å². The third-order valence-corrected chi connectivity index (χ3v) is 4.24. The zero-order valence-electron chi connectivity index (χ0n) is 12.5. The molecular weight excluding hydrogens is 334 g/mol. The standard InChI is InChI=1S/C15H11N3O5S/c1-9-8-24-15-16-10(6-13(19)17(9)15)7-23-14(20)11-4-2-3-5-12(11)18(21)22/h2-6,8H,7H2,1H3. The molecular formula is C15H11N3O5S. The van der Waals surface area contributed by atoms with Gasteiger partial charge in [0.15, 0.2) is 4.96 Å². The van der Waals surface area contributed by atoms with Gasteiger partial charge in [-0.1, -0.05) is 12.1 Å². The predicted molar refractivity (Wildman–Crippen MR) is 86.3 cm³/mol. The average molecular weight is 345 g/mol. The highest BCUT2D eigenvalue weighted by Crippen LogP contribution is 2.19. The Labute approximate surface area is 139 Å². The van der Waals surface area contributed by atoms with Gasteiger partial charge in [-0.2, -0.15) is 0 Å². The molecule has 0 aliphatic carbocycles. The second kappa shape index (κ2) is 6.20. The number of fused-ring (bicyclic) bond motifs is 1. The molecule has 0 saturated heterocycles. The van der Waals surface area contributed by atoms with Crippen LogP contribution in [0.15, 0.2) is 40.5 Å². The van der Waals surface area contributed by atoms with Crippen LogP contribution in [0, 0.1) is 17.0 Å². The molecule has 0 unspecified atom stereocenters. The summed E-state index contributed by atoms with van der Waals surface area (Å²) in [6.07, 6.45) is 0. The van der Waals surface area contributed by atoms with Crippen LogP contribution in [0.25, 0.3) is 4.96 Å². The van der Waals surface area contributed by atoms with Crippen LogP contribution >= 0.6 is 11.3 Å². The van der Waals surface area contributed by atoms with Crippen LogP contribution < -0.4 is 5.56 Å². The first-order valence-electron chi connectivity index (χ1n) is 6.84. The highest BCUT2D eigenvalue weighted by molar-refractivity contribution is 7.15. The maximum Gasteiger partial charge on any atom is 0.345 e. The Hall–Kier alpha value is -3.07. The zero-order chi connectivity index (χ0) is 17.3. The van der Waals surface area contributed by atoms with Gasteiger partial charge in [0.25, 0.3) is 11.2 Å². The second-order valence-electron chi connectivity index (χ2n) is 4.93. The molecule has 2 aromatic heterocycles. The van der Waals surface area contributed by atoms with Crippen molar-refractivity contribution in [2.75, 3.05) is 0 Å². The lowest BCUT2D eigenvalue weighted by molar-refractivity contribution is -0.385. The lowest BCUT2D eigenvalue weighted by Crippen LogP contribution is -2.16. The number of nitrogens with zero attached hydrogens (tertiary/aromatic N) is 3. The van der Waals surface area contributed by atoms with Crippen molar-refractivity contribution in [3.63, 3.8) is 0 Å². The molecule has 0 amide bonds. The average Bonchev–Trinajstić information content (AvgIpc) is 2.94. The number of hydrogen-bond acceptors (Lipinski definition) is 7. The number of para-hydroxylation sites is 1. The largest absolute Gasteiger partial charge is 0.455 e. The molecule has 122 valence electrons. The van der Waals surface area contributed by atoms with E-state index in [4.69, 9.17) is 4.74 Å². The van der Waals surface area contributed by atoms with Gasteiger partial charge < -0.3 is 4.74 Å². The van der Waals surface area contributed by atoms with Crippen LogP contribution in [0.5, 0.6) is 0 Å². The topological polar surface area (TPSA) is 104 Å². The first-order valence-corrected chi connectivity index (χ1v) is 7.72. The number of thiazole rings is 1. The normalized spacial score (nSPS) is 10.7. The molecule has 0 atom stereocenters. The van der Waals surface area contributed by atoms with Crippen molar-refractivity contribution in [1.29, 1.82) is 0 Å². The minimum atomic E-state index is -0.841. The number of aryl methyl sites for hydroxylation is 1. The van der Waals surface area contributed by atoms with Crippen LogP contribution in [0.4, 0.5) is 5.69 Å². The van der Waals surface area contributed by atoms with Crippen molar-refractivity contribution >= 4 is 28.0 Å². The minimum Gasteiger partial charge on any atom is -0.455 e. The van der Waals surface area contributed by atoms with Gasteiger partial charge in [0, 0.05) is 23.2 Å². The molecule has 3 aromatic rings. The highest BCUT2D eigenvalue weighted by Gasteiger charge is 2.20. The quantitative estimate of drug-likeness (QED) is 0.408. The van der Waals surface area contributed by atoms with Gasteiger partial charge in [-0.25, -0.2) is 9.78 Å². The van der Waals surface area contributed by atoms with Gasteiger partial charge in [0.05, 0.1) is 10.6 Å². The SMILES string of the molecule is Cc1csc2nc(COC(=O)c3ccccc3[N+](=O)[O-])cc(=O)n12. The maximum absolute atomic E-state index is 12.1. The Balaban J connectivity index is 1.82. The van der Waals surface area contributed by atoms with Crippen LogP contribution in [0.1, 0.15) is 21.7 Å². The fourth-order valence-corrected chi connectivity index (χ4v) is 3.09. The van der Waals surface area contributed by atoms with Crippen LogP contribution in [-0.2, 0) is 11.3 Å². The van der Waals surface area contributed by atoms with E-state index in [-0.39, 0.29) is 29.1 Å². The summed E-state index contributed by atoms with van der Waals surface area (Å²) in [6, 6.07) is 6.79. The summed E-state index contributed by atoms with van der Waals surface area (Å²) in [6.45, 7) is 1.55. The third kappa shape index (κ3) is 2.88. The summed E-state index contributed by atoms with van der Waals surface area (Å²) >= 11 is 1.30. The van der Waals surface area contributed by atoms with E-state index in [9.17, 15) is 19.7 Å². The first-order chi connectivity index (χ1) is 11.5. The minimum absolute atomic E-state index is 0.146. The zero-order valence-corrected chi connectivity index (χ0v) is 13.3. The van der Waals surface area contributed by atoms with Crippen molar-refractivity contribution in [2.45, 2.75) is 13.5 Å². The van der Waals surface area contributed by atoms with E-state index >= 15 is 0 Å². The number of nitro benzene ring substituents is 1. The lowest BCUT2D eigenvalue weighted by Gasteiger charge is -2.05. The molecule has 0 bridgehead atoms. The Bertz CT molecular complexity index is 1010. The molecule has 0 spiro atoms. The molecule has 0 N–H and O–H groups in total.